The third kappa shape index (κ3) is 4.84. The Hall–Kier alpha value is -2.44. The fraction of sp³-hybridized carbons (Fsp3) is 0.429. The zero-order valence-corrected chi connectivity index (χ0v) is 15.6. The normalized spacial score (nSPS) is 20.6. The lowest BCUT2D eigenvalue weighted by Crippen LogP contribution is -2.51. The van der Waals surface area contributed by atoms with Crippen LogP contribution in [0.15, 0.2) is 42.5 Å². The second-order valence-electron chi connectivity index (χ2n) is 7.38. The molecule has 1 fully saturated rings. The van der Waals surface area contributed by atoms with Crippen molar-refractivity contribution in [2.24, 2.45) is 5.92 Å². The van der Waals surface area contributed by atoms with E-state index in [-0.39, 0.29) is 17.7 Å². The highest BCUT2D eigenvalue weighted by Gasteiger charge is 2.31. The van der Waals surface area contributed by atoms with Crippen molar-refractivity contribution in [3.8, 4) is 0 Å². The largest absolute Gasteiger partial charge is 0.366 e. The summed E-state index contributed by atoms with van der Waals surface area (Å²) in [5.41, 5.74) is 0.513. The van der Waals surface area contributed by atoms with Crippen molar-refractivity contribution in [2.45, 2.75) is 45.1 Å². The van der Waals surface area contributed by atoms with Gasteiger partial charge in [0.15, 0.2) is 6.29 Å². The summed E-state index contributed by atoms with van der Waals surface area (Å²) in [7, 11) is 0. The van der Waals surface area contributed by atoms with Crippen molar-refractivity contribution in [3.63, 3.8) is 0 Å². The van der Waals surface area contributed by atoms with Crippen LogP contribution in [0.1, 0.15) is 37.0 Å². The molecule has 0 aromatic heterocycles. The van der Waals surface area contributed by atoms with Gasteiger partial charge in [0.1, 0.15) is 6.04 Å². The Morgan fingerprint density at radius 2 is 1.93 bits per heavy atom. The zero-order valence-electron chi connectivity index (χ0n) is 15.6. The molecule has 3 atom stereocenters. The fourth-order valence-electron chi connectivity index (χ4n) is 3.28. The number of hydrogen-bond acceptors (Lipinski definition) is 4. The van der Waals surface area contributed by atoms with Crippen molar-refractivity contribution >= 4 is 22.6 Å². The summed E-state index contributed by atoms with van der Waals surface area (Å²) in [6, 6.07) is 12.2. The minimum Gasteiger partial charge on any atom is -0.366 e. The molecule has 3 N–H and O–H groups in total. The number of benzene rings is 2. The fourth-order valence-corrected chi connectivity index (χ4v) is 3.28. The third-order valence-corrected chi connectivity index (χ3v) is 4.73. The summed E-state index contributed by atoms with van der Waals surface area (Å²) < 4.78 is 5.07. The summed E-state index contributed by atoms with van der Waals surface area (Å²) in [5.74, 6) is -0.362. The Bertz CT molecular complexity index is 821. The molecule has 3 unspecified atom stereocenters. The zero-order chi connectivity index (χ0) is 19.4. The molecule has 0 spiro atoms. The maximum Gasteiger partial charge on any atom is 0.251 e. The molecule has 0 saturated carbocycles. The van der Waals surface area contributed by atoms with Gasteiger partial charge >= 0.3 is 0 Å². The van der Waals surface area contributed by atoms with Crippen LogP contribution in [-0.4, -0.2) is 41.9 Å². The van der Waals surface area contributed by atoms with Crippen LogP contribution in [-0.2, 0) is 9.53 Å². The number of carbonyl (C=O) groups is 2. The Labute approximate surface area is 158 Å². The summed E-state index contributed by atoms with van der Waals surface area (Å²) in [4.78, 5) is 25.4. The predicted octanol–water partition coefficient (Wildman–Crippen LogP) is 2.21. The molecule has 1 aliphatic rings. The van der Waals surface area contributed by atoms with Crippen molar-refractivity contribution in [2.75, 3.05) is 6.61 Å². The summed E-state index contributed by atoms with van der Waals surface area (Å²) in [5, 5.41) is 17.4. The van der Waals surface area contributed by atoms with E-state index in [1.807, 2.05) is 50.2 Å². The van der Waals surface area contributed by atoms with E-state index >= 15 is 0 Å². The molecule has 27 heavy (non-hydrogen) atoms. The molecule has 0 radical (unpaired) electrons. The standard InChI is InChI=1S/C21H26N2O4/c1-13(2)11-18(20(25)22-17-9-10-27-21(17)26)23-19(24)16-8-7-14-5-3-4-6-15(14)12-16/h3-8,12-13,17-18,21,26H,9-11H2,1-2H3,(H,22,25)(H,23,24). The topological polar surface area (TPSA) is 87.7 Å². The Morgan fingerprint density at radius 1 is 1.19 bits per heavy atom. The smallest absolute Gasteiger partial charge is 0.251 e. The van der Waals surface area contributed by atoms with Crippen LogP contribution in [0.3, 0.4) is 0 Å². The van der Waals surface area contributed by atoms with Crippen LogP contribution in [0.4, 0.5) is 0 Å². The molecule has 1 aliphatic heterocycles. The summed E-state index contributed by atoms with van der Waals surface area (Å²) in [6.07, 6.45) is 0.0687. The lowest BCUT2D eigenvalue weighted by atomic mass is 10.0. The number of nitrogens with one attached hydrogen (secondary N) is 2. The van der Waals surface area contributed by atoms with Crippen molar-refractivity contribution < 1.29 is 19.4 Å². The van der Waals surface area contributed by atoms with Crippen LogP contribution in [0.5, 0.6) is 0 Å². The number of aliphatic hydroxyl groups excluding tert-OH is 1. The number of ether oxygens (including phenoxy) is 1. The minimum atomic E-state index is -0.996. The molecule has 0 bridgehead atoms. The molecule has 144 valence electrons. The highest BCUT2D eigenvalue weighted by Crippen LogP contribution is 2.17. The highest BCUT2D eigenvalue weighted by molar-refractivity contribution is 6.00. The van der Waals surface area contributed by atoms with Crippen LogP contribution >= 0.6 is 0 Å². The van der Waals surface area contributed by atoms with Gasteiger partial charge in [0, 0.05) is 5.56 Å². The van der Waals surface area contributed by atoms with E-state index in [1.165, 1.54) is 0 Å². The maximum absolute atomic E-state index is 12.7. The molecule has 2 aromatic carbocycles. The number of rotatable bonds is 6. The average molecular weight is 370 g/mol. The van der Waals surface area contributed by atoms with Gasteiger partial charge in [-0.1, -0.05) is 44.2 Å². The summed E-state index contributed by atoms with van der Waals surface area (Å²) in [6.45, 7) is 4.40. The van der Waals surface area contributed by atoms with E-state index in [1.54, 1.807) is 6.07 Å². The van der Waals surface area contributed by atoms with Gasteiger partial charge < -0.3 is 20.5 Å². The molecule has 6 heteroatoms. The quantitative estimate of drug-likeness (QED) is 0.727. The molecule has 6 nitrogen and oxygen atoms in total. The monoisotopic (exact) mass is 370 g/mol. The highest BCUT2D eigenvalue weighted by atomic mass is 16.6. The van der Waals surface area contributed by atoms with Crippen molar-refractivity contribution in [3.05, 3.63) is 48.0 Å². The van der Waals surface area contributed by atoms with Gasteiger partial charge in [0.05, 0.1) is 12.6 Å². The molecule has 1 saturated heterocycles. The number of carbonyl (C=O) groups excluding carboxylic acids is 2. The number of aliphatic hydroxyl groups is 1. The third-order valence-electron chi connectivity index (χ3n) is 4.73. The van der Waals surface area contributed by atoms with Crippen LogP contribution in [0.2, 0.25) is 0 Å². The van der Waals surface area contributed by atoms with E-state index in [2.05, 4.69) is 10.6 Å². The lowest BCUT2D eigenvalue weighted by molar-refractivity contribution is -0.127. The van der Waals surface area contributed by atoms with Gasteiger partial charge in [-0.05, 0) is 41.7 Å². The van der Waals surface area contributed by atoms with Gasteiger partial charge in [-0.25, -0.2) is 0 Å². The maximum atomic E-state index is 12.7. The number of fused-ring (bicyclic) bond motifs is 1. The van der Waals surface area contributed by atoms with Crippen LogP contribution in [0, 0.1) is 5.92 Å². The van der Waals surface area contributed by atoms with E-state index in [0.29, 0.717) is 25.0 Å². The molecule has 2 aromatic rings. The number of amides is 2. The average Bonchev–Trinajstić information content (AvgIpc) is 3.05. The van der Waals surface area contributed by atoms with Gasteiger partial charge in [-0.2, -0.15) is 0 Å². The Morgan fingerprint density at radius 3 is 2.59 bits per heavy atom. The first-order chi connectivity index (χ1) is 12.9. The predicted molar refractivity (Wildman–Crippen MR) is 103 cm³/mol. The van der Waals surface area contributed by atoms with Gasteiger partial charge in [-0.3, -0.25) is 9.59 Å². The summed E-state index contributed by atoms with van der Waals surface area (Å²) >= 11 is 0. The molecule has 2 amide bonds. The van der Waals surface area contributed by atoms with Gasteiger partial charge in [0.25, 0.3) is 5.91 Å². The molecule has 0 aliphatic carbocycles. The van der Waals surface area contributed by atoms with E-state index in [0.717, 1.165) is 10.8 Å². The van der Waals surface area contributed by atoms with Crippen molar-refractivity contribution in [1.82, 2.24) is 10.6 Å². The van der Waals surface area contributed by atoms with Crippen molar-refractivity contribution in [1.29, 1.82) is 0 Å². The van der Waals surface area contributed by atoms with Crippen LogP contribution < -0.4 is 10.6 Å². The second-order valence-corrected chi connectivity index (χ2v) is 7.38. The molecule has 3 rings (SSSR count). The minimum absolute atomic E-state index is 0.224. The molecular weight excluding hydrogens is 344 g/mol. The number of hydrogen-bond donors (Lipinski definition) is 3. The van der Waals surface area contributed by atoms with E-state index in [4.69, 9.17) is 4.74 Å². The van der Waals surface area contributed by atoms with Gasteiger partial charge in [0.2, 0.25) is 5.91 Å². The Kier molecular flexibility index (Phi) is 6.08. The van der Waals surface area contributed by atoms with E-state index < -0.39 is 18.4 Å². The van der Waals surface area contributed by atoms with Gasteiger partial charge in [-0.15, -0.1) is 0 Å². The van der Waals surface area contributed by atoms with E-state index in [9.17, 15) is 14.7 Å². The van der Waals surface area contributed by atoms with Crippen LogP contribution in [0.25, 0.3) is 10.8 Å². The molecule has 1 heterocycles. The molecular formula is C21H26N2O4. The lowest BCUT2D eigenvalue weighted by Gasteiger charge is -2.23. The SMILES string of the molecule is CC(C)CC(NC(=O)c1ccc2ccccc2c1)C(=O)NC1CCOC1O. The first kappa shape index (κ1) is 19.3. The first-order valence-corrected chi connectivity index (χ1v) is 9.34. The Balaban J connectivity index is 1.72. The second kappa shape index (κ2) is 8.50. The first-order valence-electron chi connectivity index (χ1n) is 9.34.